The van der Waals surface area contributed by atoms with Crippen molar-refractivity contribution < 1.29 is 18.0 Å². The monoisotopic (exact) mass is 259 g/mol. The predicted octanol–water partition coefficient (Wildman–Crippen LogP) is 3.23. The maximum Gasteiger partial charge on any atom is 0.417 e. The van der Waals surface area contributed by atoms with Gasteiger partial charge in [-0.2, -0.15) is 13.2 Å². The van der Waals surface area contributed by atoms with E-state index in [1.165, 1.54) is 18.2 Å². The minimum absolute atomic E-state index is 0.288. The van der Waals surface area contributed by atoms with Gasteiger partial charge < -0.3 is 0 Å². The van der Waals surface area contributed by atoms with Gasteiger partial charge in [-0.25, -0.2) is 0 Å². The van der Waals surface area contributed by atoms with Crippen LogP contribution in [-0.2, 0) is 6.18 Å². The number of ketones is 1. The standard InChI is InChI=1S/C13H16F3NO/c1-12(2,17(3)4)11(18)9-7-5-6-8-10(9)13(14,15)16/h5-8H,1-4H3. The van der Waals surface area contributed by atoms with Gasteiger partial charge in [-0.3, -0.25) is 9.69 Å². The number of alkyl halides is 3. The summed E-state index contributed by atoms with van der Waals surface area (Å²) in [6.07, 6.45) is -4.52. The van der Waals surface area contributed by atoms with E-state index in [4.69, 9.17) is 0 Å². The first-order chi connectivity index (χ1) is 8.08. The minimum Gasteiger partial charge on any atom is -0.297 e. The van der Waals surface area contributed by atoms with Crippen LogP contribution in [0.2, 0.25) is 0 Å². The summed E-state index contributed by atoms with van der Waals surface area (Å²) in [5.74, 6) is -0.541. The Balaban J connectivity index is 3.31. The Morgan fingerprint density at radius 3 is 2.06 bits per heavy atom. The summed E-state index contributed by atoms with van der Waals surface area (Å²) < 4.78 is 38.5. The van der Waals surface area contributed by atoms with Gasteiger partial charge in [-0.15, -0.1) is 0 Å². The zero-order chi connectivity index (χ0) is 14.1. The largest absolute Gasteiger partial charge is 0.417 e. The summed E-state index contributed by atoms with van der Waals surface area (Å²) in [4.78, 5) is 13.8. The maximum absolute atomic E-state index is 12.8. The lowest BCUT2D eigenvalue weighted by Crippen LogP contribution is -2.46. The molecular formula is C13H16F3NO. The van der Waals surface area contributed by atoms with E-state index in [1.807, 2.05) is 0 Å². The quantitative estimate of drug-likeness (QED) is 0.777. The fourth-order valence-corrected chi connectivity index (χ4v) is 1.46. The third-order valence-electron chi connectivity index (χ3n) is 3.15. The fraction of sp³-hybridized carbons (Fsp3) is 0.462. The fourth-order valence-electron chi connectivity index (χ4n) is 1.46. The van der Waals surface area contributed by atoms with Gasteiger partial charge in [0.05, 0.1) is 11.1 Å². The Hall–Kier alpha value is -1.36. The van der Waals surface area contributed by atoms with Gasteiger partial charge >= 0.3 is 6.18 Å². The van der Waals surface area contributed by atoms with Crippen LogP contribution in [0.15, 0.2) is 24.3 Å². The van der Waals surface area contributed by atoms with Crippen molar-refractivity contribution in [1.82, 2.24) is 4.90 Å². The Labute approximate surface area is 104 Å². The Bertz CT molecular complexity index is 450. The summed E-state index contributed by atoms with van der Waals surface area (Å²) in [5.41, 5.74) is -2.16. The molecule has 1 aromatic rings. The van der Waals surface area contributed by atoms with Crippen LogP contribution >= 0.6 is 0 Å². The molecule has 0 atom stereocenters. The van der Waals surface area contributed by atoms with Crippen molar-refractivity contribution in [3.63, 3.8) is 0 Å². The smallest absolute Gasteiger partial charge is 0.297 e. The zero-order valence-corrected chi connectivity index (χ0v) is 10.8. The highest BCUT2D eigenvalue weighted by Crippen LogP contribution is 2.33. The Kier molecular flexibility index (Phi) is 3.86. The van der Waals surface area contributed by atoms with Gasteiger partial charge in [-0.1, -0.05) is 18.2 Å². The first-order valence-electron chi connectivity index (χ1n) is 5.47. The van der Waals surface area contributed by atoms with Crippen molar-refractivity contribution in [1.29, 1.82) is 0 Å². The second-order valence-electron chi connectivity index (χ2n) is 4.83. The van der Waals surface area contributed by atoms with Crippen LogP contribution in [0.5, 0.6) is 0 Å². The van der Waals surface area contributed by atoms with Crippen LogP contribution in [-0.4, -0.2) is 30.3 Å². The number of rotatable bonds is 3. The molecule has 0 bridgehead atoms. The van der Waals surface area contributed by atoms with Crippen LogP contribution in [0, 0.1) is 0 Å². The molecule has 0 spiro atoms. The molecule has 0 aromatic heterocycles. The number of hydrogen-bond acceptors (Lipinski definition) is 2. The van der Waals surface area contributed by atoms with E-state index in [0.717, 1.165) is 6.07 Å². The first-order valence-corrected chi connectivity index (χ1v) is 5.47. The summed E-state index contributed by atoms with van der Waals surface area (Å²) in [7, 11) is 3.32. The molecular weight excluding hydrogens is 243 g/mol. The van der Waals surface area contributed by atoms with Crippen LogP contribution < -0.4 is 0 Å². The topological polar surface area (TPSA) is 20.3 Å². The molecule has 0 amide bonds. The molecule has 0 unspecified atom stereocenters. The number of nitrogens with zero attached hydrogens (tertiary/aromatic N) is 1. The number of carbonyl (C=O) groups is 1. The normalized spacial score (nSPS) is 12.9. The molecule has 0 heterocycles. The maximum atomic E-state index is 12.8. The minimum atomic E-state index is -4.52. The number of Topliss-reactive ketones (excluding diaryl/α,β-unsaturated/α-hetero) is 1. The van der Waals surface area contributed by atoms with Crippen molar-refractivity contribution in [2.45, 2.75) is 25.6 Å². The molecule has 1 aromatic carbocycles. The van der Waals surface area contributed by atoms with Gasteiger partial charge in [-0.05, 0) is 34.0 Å². The average molecular weight is 259 g/mol. The summed E-state index contributed by atoms with van der Waals surface area (Å²) in [6, 6.07) is 4.87. The molecule has 5 heteroatoms. The zero-order valence-electron chi connectivity index (χ0n) is 10.8. The number of benzene rings is 1. The second kappa shape index (κ2) is 4.72. The molecule has 0 saturated carbocycles. The second-order valence-corrected chi connectivity index (χ2v) is 4.83. The van der Waals surface area contributed by atoms with E-state index in [9.17, 15) is 18.0 Å². The van der Waals surface area contributed by atoms with E-state index >= 15 is 0 Å². The molecule has 1 rings (SSSR count). The Morgan fingerprint density at radius 1 is 1.11 bits per heavy atom. The predicted molar refractivity (Wildman–Crippen MR) is 63.5 cm³/mol. The van der Waals surface area contributed by atoms with E-state index in [-0.39, 0.29) is 5.56 Å². The molecule has 0 aliphatic heterocycles. The van der Waals surface area contributed by atoms with Gasteiger partial charge in [0, 0.05) is 5.56 Å². The SMILES string of the molecule is CN(C)C(C)(C)C(=O)c1ccccc1C(F)(F)F. The third-order valence-corrected chi connectivity index (χ3v) is 3.15. The molecule has 0 N–H and O–H groups in total. The molecule has 0 radical (unpaired) electrons. The van der Waals surface area contributed by atoms with Crippen LogP contribution in [0.25, 0.3) is 0 Å². The molecule has 100 valence electrons. The summed E-state index contributed by atoms with van der Waals surface area (Å²) in [6.45, 7) is 3.20. The van der Waals surface area contributed by atoms with Crippen molar-refractivity contribution in [2.75, 3.05) is 14.1 Å². The van der Waals surface area contributed by atoms with E-state index < -0.39 is 23.1 Å². The molecule has 18 heavy (non-hydrogen) atoms. The van der Waals surface area contributed by atoms with E-state index in [2.05, 4.69) is 0 Å². The highest BCUT2D eigenvalue weighted by molar-refractivity contribution is 6.03. The van der Waals surface area contributed by atoms with Crippen molar-refractivity contribution in [3.8, 4) is 0 Å². The van der Waals surface area contributed by atoms with Crippen LogP contribution in [0.1, 0.15) is 29.8 Å². The number of hydrogen-bond donors (Lipinski definition) is 0. The summed E-state index contributed by atoms with van der Waals surface area (Å²) in [5, 5.41) is 0. The van der Waals surface area contributed by atoms with Gasteiger partial charge in [0.2, 0.25) is 0 Å². The lowest BCUT2D eigenvalue weighted by Gasteiger charge is -2.31. The number of likely N-dealkylation sites (N-methyl/N-ethyl adjacent to an activating group) is 1. The van der Waals surface area contributed by atoms with Gasteiger partial charge in [0.15, 0.2) is 5.78 Å². The molecule has 0 aliphatic rings. The lowest BCUT2D eigenvalue weighted by atomic mass is 9.89. The van der Waals surface area contributed by atoms with Crippen LogP contribution in [0.4, 0.5) is 13.2 Å². The van der Waals surface area contributed by atoms with Crippen molar-refractivity contribution in [3.05, 3.63) is 35.4 Å². The third kappa shape index (κ3) is 2.72. The highest BCUT2D eigenvalue weighted by atomic mass is 19.4. The van der Waals surface area contributed by atoms with Crippen LogP contribution in [0.3, 0.4) is 0 Å². The lowest BCUT2D eigenvalue weighted by molar-refractivity contribution is -0.138. The van der Waals surface area contributed by atoms with Gasteiger partial charge in [0.25, 0.3) is 0 Å². The van der Waals surface area contributed by atoms with Crippen molar-refractivity contribution >= 4 is 5.78 Å². The van der Waals surface area contributed by atoms with E-state index in [0.29, 0.717) is 0 Å². The number of halogens is 3. The number of carbonyl (C=O) groups excluding carboxylic acids is 1. The molecule has 0 saturated heterocycles. The highest BCUT2D eigenvalue weighted by Gasteiger charge is 2.39. The van der Waals surface area contributed by atoms with Gasteiger partial charge in [0.1, 0.15) is 0 Å². The summed E-state index contributed by atoms with van der Waals surface area (Å²) >= 11 is 0. The van der Waals surface area contributed by atoms with Crippen molar-refractivity contribution in [2.24, 2.45) is 0 Å². The molecule has 2 nitrogen and oxygen atoms in total. The Morgan fingerprint density at radius 2 is 1.61 bits per heavy atom. The molecule has 0 fully saturated rings. The van der Waals surface area contributed by atoms with E-state index in [1.54, 1.807) is 32.8 Å². The molecule has 0 aliphatic carbocycles. The first kappa shape index (κ1) is 14.7. The average Bonchev–Trinajstić information content (AvgIpc) is 2.26.